The summed E-state index contributed by atoms with van der Waals surface area (Å²) in [7, 11) is 0. The normalized spacial score (nSPS) is 21.0. The van der Waals surface area contributed by atoms with Crippen LogP contribution >= 0.6 is 0 Å². The van der Waals surface area contributed by atoms with E-state index in [0.717, 1.165) is 25.7 Å². The smallest absolute Gasteiger partial charge is 0.406 e. The predicted octanol–water partition coefficient (Wildman–Crippen LogP) is 4.84. The molecule has 0 spiro atoms. The number of ether oxygens (including phenoxy) is 1. The Morgan fingerprint density at radius 2 is 1.86 bits per heavy atom. The second-order valence-electron chi connectivity index (χ2n) is 6.57. The summed E-state index contributed by atoms with van der Waals surface area (Å²) in [5.74, 6) is -0.186. The summed E-state index contributed by atoms with van der Waals surface area (Å²) in [4.78, 5) is 0. The Labute approximate surface area is 122 Å². The lowest BCUT2D eigenvalue weighted by Gasteiger charge is -2.36. The van der Waals surface area contributed by atoms with E-state index < -0.39 is 12.5 Å². The molecule has 118 valence electrons. The van der Waals surface area contributed by atoms with Crippen LogP contribution in [0.3, 0.4) is 0 Å². The molecule has 1 N–H and O–H groups in total. The van der Waals surface area contributed by atoms with Crippen molar-refractivity contribution in [2.24, 2.45) is 11.3 Å². The number of rotatable bonds is 3. The Bertz CT molecular complexity index is 473. The fraction of sp³-hybridized carbons (Fsp3) is 0.625. The molecule has 1 aliphatic carbocycles. The number of hydrogen-bond acceptors (Lipinski definition) is 2. The third-order valence-corrected chi connectivity index (χ3v) is 4.26. The Morgan fingerprint density at radius 1 is 1.24 bits per heavy atom. The highest BCUT2D eigenvalue weighted by Crippen LogP contribution is 2.43. The average Bonchev–Trinajstić information content (AvgIpc) is 2.36. The van der Waals surface area contributed by atoms with Gasteiger partial charge in [-0.3, -0.25) is 0 Å². The lowest BCUT2D eigenvalue weighted by Crippen LogP contribution is -2.25. The van der Waals surface area contributed by atoms with Crippen molar-refractivity contribution in [1.29, 1.82) is 0 Å². The van der Waals surface area contributed by atoms with Crippen molar-refractivity contribution < 1.29 is 23.0 Å². The Balaban J connectivity index is 2.06. The van der Waals surface area contributed by atoms with Crippen molar-refractivity contribution in [2.45, 2.75) is 52.0 Å². The van der Waals surface area contributed by atoms with Crippen molar-refractivity contribution in [1.82, 2.24) is 0 Å². The Morgan fingerprint density at radius 3 is 2.43 bits per heavy atom. The largest absolute Gasteiger partial charge is 0.573 e. The minimum atomic E-state index is -4.71. The third-order valence-electron chi connectivity index (χ3n) is 4.26. The molecule has 1 fully saturated rings. The van der Waals surface area contributed by atoms with Crippen LogP contribution in [0, 0.1) is 11.3 Å². The minimum absolute atomic E-state index is 0.0964. The van der Waals surface area contributed by atoms with Gasteiger partial charge in [0.1, 0.15) is 5.75 Å². The molecular weight excluding hydrogens is 281 g/mol. The van der Waals surface area contributed by atoms with Gasteiger partial charge in [-0.05, 0) is 54.7 Å². The molecule has 0 amide bonds. The summed E-state index contributed by atoms with van der Waals surface area (Å²) < 4.78 is 40.6. The van der Waals surface area contributed by atoms with Gasteiger partial charge >= 0.3 is 6.36 Å². The number of alkyl halides is 3. The van der Waals surface area contributed by atoms with E-state index in [4.69, 9.17) is 0 Å². The number of aliphatic hydroxyl groups excluding tert-OH is 1. The van der Waals surface area contributed by atoms with E-state index in [1.807, 2.05) is 0 Å². The molecule has 2 nitrogen and oxygen atoms in total. The zero-order valence-corrected chi connectivity index (χ0v) is 12.3. The van der Waals surface area contributed by atoms with Crippen LogP contribution in [0.15, 0.2) is 24.3 Å². The second-order valence-corrected chi connectivity index (χ2v) is 6.57. The van der Waals surface area contributed by atoms with Gasteiger partial charge in [0.25, 0.3) is 0 Å². The molecule has 0 heterocycles. The Kier molecular flexibility index (Phi) is 4.51. The van der Waals surface area contributed by atoms with Gasteiger partial charge in [0, 0.05) is 0 Å². The highest BCUT2D eigenvalue weighted by Gasteiger charge is 2.33. The topological polar surface area (TPSA) is 29.5 Å². The van der Waals surface area contributed by atoms with Crippen molar-refractivity contribution in [3.05, 3.63) is 29.8 Å². The van der Waals surface area contributed by atoms with Crippen LogP contribution in [-0.2, 0) is 0 Å². The molecule has 0 radical (unpaired) electrons. The molecule has 0 aromatic heterocycles. The molecule has 1 aromatic rings. The van der Waals surface area contributed by atoms with Crippen molar-refractivity contribution in [3.63, 3.8) is 0 Å². The van der Waals surface area contributed by atoms with E-state index in [1.54, 1.807) is 6.07 Å². The van der Waals surface area contributed by atoms with Gasteiger partial charge in [-0.25, -0.2) is 0 Å². The summed E-state index contributed by atoms with van der Waals surface area (Å²) >= 11 is 0. The number of halogens is 3. The fourth-order valence-electron chi connectivity index (χ4n) is 2.91. The van der Waals surface area contributed by atoms with Crippen LogP contribution in [0.1, 0.15) is 51.2 Å². The predicted molar refractivity (Wildman–Crippen MR) is 73.8 cm³/mol. The zero-order valence-electron chi connectivity index (χ0n) is 12.3. The average molecular weight is 302 g/mol. The van der Waals surface area contributed by atoms with Crippen LogP contribution in [-0.4, -0.2) is 11.5 Å². The fourth-order valence-corrected chi connectivity index (χ4v) is 2.91. The molecule has 2 rings (SSSR count). The Hall–Kier alpha value is -1.23. The molecule has 5 heteroatoms. The van der Waals surface area contributed by atoms with Crippen molar-refractivity contribution in [3.8, 4) is 5.75 Å². The van der Waals surface area contributed by atoms with E-state index in [9.17, 15) is 18.3 Å². The van der Waals surface area contributed by atoms with Crippen molar-refractivity contribution in [2.75, 3.05) is 0 Å². The maximum absolute atomic E-state index is 12.2. The van der Waals surface area contributed by atoms with Gasteiger partial charge in [0.05, 0.1) is 6.10 Å². The maximum atomic E-state index is 12.2. The van der Waals surface area contributed by atoms with Crippen LogP contribution in [0.2, 0.25) is 0 Å². The summed E-state index contributed by atoms with van der Waals surface area (Å²) in [6.07, 6.45) is -1.63. The number of hydrogen-bond donors (Lipinski definition) is 1. The van der Waals surface area contributed by atoms with E-state index in [0.29, 0.717) is 5.56 Å². The SMILES string of the molecule is CC1(C)CCC(C(O)c2cccc(OC(F)(F)F)c2)CC1. The molecule has 1 aliphatic rings. The lowest BCUT2D eigenvalue weighted by atomic mass is 9.71. The van der Waals surface area contributed by atoms with E-state index in [2.05, 4.69) is 18.6 Å². The molecule has 1 atom stereocenters. The monoisotopic (exact) mass is 302 g/mol. The zero-order chi connectivity index (χ0) is 15.7. The molecule has 0 aliphatic heterocycles. The molecule has 21 heavy (non-hydrogen) atoms. The van der Waals surface area contributed by atoms with E-state index in [-0.39, 0.29) is 17.1 Å². The highest BCUT2D eigenvalue weighted by atomic mass is 19.4. The van der Waals surface area contributed by atoms with Crippen LogP contribution in [0.5, 0.6) is 5.75 Å². The van der Waals surface area contributed by atoms with Gasteiger partial charge in [-0.15, -0.1) is 13.2 Å². The lowest BCUT2D eigenvalue weighted by molar-refractivity contribution is -0.274. The van der Waals surface area contributed by atoms with Crippen LogP contribution in [0.4, 0.5) is 13.2 Å². The first-order valence-electron chi connectivity index (χ1n) is 7.20. The minimum Gasteiger partial charge on any atom is -0.406 e. The summed E-state index contributed by atoms with van der Waals surface area (Å²) in [5.41, 5.74) is 0.777. The first-order chi connectivity index (χ1) is 9.66. The third kappa shape index (κ3) is 4.63. The van der Waals surface area contributed by atoms with Crippen molar-refractivity contribution >= 4 is 0 Å². The molecule has 0 saturated heterocycles. The first kappa shape index (κ1) is 16.1. The van der Waals surface area contributed by atoms with Gasteiger partial charge in [0.2, 0.25) is 0 Å². The van der Waals surface area contributed by atoms with Gasteiger partial charge in [0.15, 0.2) is 0 Å². The standard InChI is InChI=1S/C16H21F3O2/c1-15(2)8-6-11(7-9-15)14(20)12-4-3-5-13(10-12)21-16(17,18)19/h3-5,10-11,14,20H,6-9H2,1-2H3. The van der Waals surface area contributed by atoms with Crippen LogP contribution in [0.25, 0.3) is 0 Å². The van der Waals surface area contributed by atoms with Gasteiger partial charge in [-0.1, -0.05) is 26.0 Å². The summed E-state index contributed by atoms with van der Waals surface area (Å²) in [6, 6.07) is 5.64. The molecule has 1 aromatic carbocycles. The molecule has 0 bridgehead atoms. The summed E-state index contributed by atoms with van der Waals surface area (Å²) in [6.45, 7) is 4.40. The number of benzene rings is 1. The first-order valence-corrected chi connectivity index (χ1v) is 7.20. The van der Waals surface area contributed by atoms with Gasteiger partial charge in [-0.2, -0.15) is 0 Å². The molecule has 1 unspecified atom stereocenters. The van der Waals surface area contributed by atoms with Crippen LogP contribution < -0.4 is 4.74 Å². The second kappa shape index (κ2) is 5.87. The number of aliphatic hydroxyl groups is 1. The highest BCUT2D eigenvalue weighted by molar-refractivity contribution is 5.30. The van der Waals surface area contributed by atoms with Gasteiger partial charge < -0.3 is 9.84 Å². The van der Waals surface area contributed by atoms with E-state index in [1.165, 1.54) is 18.2 Å². The maximum Gasteiger partial charge on any atom is 0.573 e. The molecule has 1 saturated carbocycles. The summed E-state index contributed by atoms with van der Waals surface area (Å²) in [5, 5.41) is 10.4. The quantitative estimate of drug-likeness (QED) is 0.866. The van der Waals surface area contributed by atoms with E-state index >= 15 is 0 Å². The molecular formula is C16H21F3O2.